The van der Waals surface area contributed by atoms with Crippen LogP contribution in [0.15, 0.2) is 61.2 Å². The number of aliphatic hydroxyl groups is 1. The molecular weight excluding hydrogens is 276 g/mol. The second-order valence-electron chi connectivity index (χ2n) is 3.80. The summed E-state index contributed by atoms with van der Waals surface area (Å²) in [5.41, 5.74) is 1.05. The summed E-state index contributed by atoms with van der Waals surface area (Å²) in [6.07, 6.45) is 2.58. The fourth-order valence-corrected chi connectivity index (χ4v) is 2.17. The van der Waals surface area contributed by atoms with Crippen molar-refractivity contribution in [2.24, 2.45) is 0 Å². The molecule has 1 N–H and O–H groups in total. The summed E-state index contributed by atoms with van der Waals surface area (Å²) in [5.74, 6) is 0. The number of hydrogen-bond acceptors (Lipinski definition) is 1. The first-order valence-electron chi connectivity index (χ1n) is 5.38. The normalized spacial score (nSPS) is 13.6. The highest BCUT2D eigenvalue weighted by Gasteiger charge is 2.01. The van der Waals surface area contributed by atoms with Crippen LogP contribution in [0.1, 0.15) is 5.56 Å². The van der Waals surface area contributed by atoms with Crippen LogP contribution >= 0.6 is 15.9 Å². The van der Waals surface area contributed by atoms with Gasteiger partial charge in [0.05, 0.1) is 6.10 Å². The van der Waals surface area contributed by atoms with Gasteiger partial charge in [0.15, 0.2) is 0 Å². The van der Waals surface area contributed by atoms with Crippen LogP contribution in [-0.2, 0) is 0 Å². The molecule has 0 aliphatic heterocycles. The molecule has 0 aromatic heterocycles. The summed E-state index contributed by atoms with van der Waals surface area (Å²) in [5, 5.41) is 11.9. The molecule has 0 aliphatic rings. The van der Waals surface area contributed by atoms with Crippen LogP contribution in [-0.4, -0.2) is 11.2 Å². The highest BCUT2D eigenvalue weighted by Crippen LogP contribution is 2.25. The minimum atomic E-state index is -0.629. The quantitative estimate of drug-likeness (QED) is 0.843. The van der Waals surface area contributed by atoms with Crippen LogP contribution in [0.25, 0.3) is 15.3 Å². The van der Waals surface area contributed by atoms with Crippen LogP contribution in [0.4, 0.5) is 0 Å². The van der Waals surface area contributed by atoms with Crippen molar-refractivity contribution < 1.29 is 5.11 Å². The molecule has 0 heterocycles. The molecule has 1 unspecified atom stereocenters. The molecule has 2 aromatic rings. The lowest BCUT2D eigenvalue weighted by Gasteiger charge is -2.04. The van der Waals surface area contributed by atoms with Crippen LogP contribution < -0.4 is 0 Å². The van der Waals surface area contributed by atoms with E-state index in [-0.39, 0.29) is 0 Å². The van der Waals surface area contributed by atoms with Gasteiger partial charge in [-0.1, -0.05) is 58.4 Å². The molecular formula is C15H13BrO. The maximum absolute atomic E-state index is 9.48. The Morgan fingerprint density at radius 1 is 1.18 bits per heavy atom. The highest BCUT2D eigenvalue weighted by molar-refractivity contribution is 9.15. The highest BCUT2D eigenvalue weighted by atomic mass is 79.9. The van der Waals surface area contributed by atoms with Crippen LogP contribution in [0.2, 0.25) is 0 Å². The van der Waals surface area contributed by atoms with Crippen molar-refractivity contribution in [1.82, 2.24) is 0 Å². The van der Waals surface area contributed by atoms with Gasteiger partial charge in [0.25, 0.3) is 0 Å². The van der Waals surface area contributed by atoms with Gasteiger partial charge in [-0.3, -0.25) is 0 Å². The summed E-state index contributed by atoms with van der Waals surface area (Å²) < 4.78 is 0.871. The fourth-order valence-electron chi connectivity index (χ4n) is 1.65. The first-order valence-corrected chi connectivity index (χ1v) is 6.17. The monoisotopic (exact) mass is 288 g/mol. The lowest BCUT2D eigenvalue weighted by atomic mass is 10.1. The fraction of sp³-hybridized carbons (Fsp3) is 0.0667. The third kappa shape index (κ3) is 2.84. The van der Waals surface area contributed by atoms with Crippen molar-refractivity contribution in [2.75, 3.05) is 0 Å². The molecule has 17 heavy (non-hydrogen) atoms. The maximum Gasteiger partial charge on any atom is 0.0914 e. The first kappa shape index (κ1) is 12.1. The standard InChI is InChI=1S/C15H13BrO/c1-2-14(17)10-15(16)13-8-7-11-5-3-4-6-12(11)9-13/h2-10,14,17H,1H2/b15-10-. The zero-order valence-electron chi connectivity index (χ0n) is 9.31. The molecule has 0 saturated heterocycles. The Hall–Kier alpha value is -1.38. The zero-order valence-corrected chi connectivity index (χ0v) is 10.9. The maximum atomic E-state index is 9.48. The Balaban J connectivity index is 2.42. The van der Waals surface area contributed by atoms with E-state index >= 15 is 0 Å². The third-order valence-corrected chi connectivity index (χ3v) is 3.31. The summed E-state index contributed by atoms with van der Waals surface area (Å²) >= 11 is 3.47. The molecule has 2 heteroatoms. The van der Waals surface area contributed by atoms with Crippen LogP contribution in [0, 0.1) is 0 Å². The summed E-state index contributed by atoms with van der Waals surface area (Å²) in [6.45, 7) is 3.54. The van der Waals surface area contributed by atoms with Crippen molar-refractivity contribution in [3.05, 3.63) is 66.8 Å². The van der Waals surface area contributed by atoms with Crippen molar-refractivity contribution in [3.8, 4) is 0 Å². The number of hydrogen-bond donors (Lipinski definition) is 1. The zero-order chi connectivity index (χ0) is 12.3. The van der Waals surface area contributed by atoms with Gasteiger partial charge in [0.2, 0.25) is 0 Å². The van der Waals surface area contributed by atoms with Gasteiger partial charge in [-0.2, -0.15) is 0 Å². The van der Waals surface area contributed by atoms with E-state index in [1.54, 1.807) is 6.08 Å². The Kier molecular flexibility index (Phi) is 3.77. The van der Waals surface area contributed by atoms with Crippen molar-refractivity contribution in [3.63, 3.8) is 0 Å². The molecule has 2 aromatic carbocycles. The number of fused-ring (bicyclic) bond motifs is 1. The number of halogens is 1. The minimum Gasteiger partial charge on any atom is -0.385 e. The lowest BCUT2D eigenvalue weighted by molar-refractivity contribution is 0.273. The largest absolute Gasteiger partial charge is 0.385 e. The second kappa shape index (κ2) is 5.30. The summed E-state index contributed by atoms with van der Waals surface area (Å²) in [6, 6.07) is 14.4. The smallest absolute Gasteiger partial charge is 0.0914 e. The van der Waals surface area contributed by atoms with E-state index in [1.165, 1.54) is 16.8 Å². The van der Waals surface area contributed by atoms with E-state index in [1.807, 2.05) is 18.2 Å². The van der Waals surface area contributed by atoms with E-state index in [0.29, 0.717) is 0 Å². The third-order valence-electron chi connectivity index (χ3n) is 2.58. The molecule has 0 bridgehead atoms. The Morgan fingerprint density at radius 3 is 2.59 bits per heavy atom. The summed E-state index contributed by atoms with van der Waals surface area (Å²) in [4.78, 5) is 0. The SMILES string of the molecule is C=CC(O)/C=C(\Br)c1ccc2ccccc2c1. The van der Waals surface area contributed by atoms with Gasteiger partial charge in [-0.15, -0.1) is 6.58 Å². The van der Waals surface area contributed by atoms with Gasteiger partial charge in [0, 0.05) is 4.48 Å². The molecule has 1 nitrogen and oxygen atoms in total. The first-order chi connectivity index (χ1) is 8.20. The van der Waals surface area contributed by atoms with E-state index in [9.17, 15) is 5.11 Å². The average Bonchev–Trinajstić information content (AvgIpc) is 2.38. The van der Waals surface area contributed by atoms with Gasteiger partial charge in [0.1, 0.15) is 0 Å². The second-order valence-corrected chi connectivity index (χ2v) is 4.66. The van der Waals surface area contributed by atoms with Gasteiger partial charge in [-0.05, 0) is 28.5 Å². The van der Waals surface area contributed by atoms with E-state index < -0.39 is 6.10 Å². The van der Waals surface area contributed by atoms with Crippen LogP contribution in [0.3, 0.4) is 0 Å². The molecule has 0 amide bonds. The van der Waals surface area contributed by atoms with Gasteiger partial charge in [-0.25, -0.2) is 0 Å². The minimum absolute atomic E-state index is 0.629. The van der Waals surface area contributed by atoms with E-state index in [4.69, 9.17) is 0 Å². The lowest BCUT2D eigenvalue weighted by Crippen LogP contribution is -1.95. The predicted molar refractivity (Wildman–Crippen MR) is 77.1 cm³/mol. The topological polar surface area (TPSA) is 20.2 Å². The van der Waals surface area contributed by atoms with E-state index in [2.05, 4.69) is 46.8 Å². The number of rotatable bonds is 3. The van der Waals surface area contributed by atoms with Gasteiger partial charge >= 0.3 is 0 Å². The average molecular weight is 289 g/mol. The predicted octanol–water partition coefficient (Wildman–Crippen LogP) is 4.12. The van der Waals surface area contributed by atoms with Crippen molar-refractivity contribution >= 4 is 31.2 Å². The molecule has 0 fully saturated rings. The molecule has 0 saturated carbocycles. The number of benzene rings is 2. The summed E-state index contributed by atoms with van der Waals surface area (Å²) in [7, 11) is 0. The number of aliphatic hydroxyl groups excluding tert-OH is 1. The van der Waals surface area contributed by atoms with Crippen LogP contribution in [0.5, 0.6) is 0 Å². The van der Waals surface area contributed by atoms with E-state index in [0.717, 1.165) is 10.0 Å². The van der Waals surface area contributed by atoms with Crippen molar-refractivity contribution in [2.45, 2.75) is 6.10 Å². The Morgan fingerprint density at radius 2 is 1.88 bits per heavy atom. The van der Waals surface area contributed by atoms with Crippen molar-refractivity contribution in [1.29, 1.82) is 0 Å². The molecule has 2 rings (SSSR count). The van der Waals surface area contributed by atoms with Gasteiger partial charge < -0.3 is 5.11 Å². The Labute approximate surface area is 109 Å². The Bertz CT molecular complexity index is 572. The molecule has 0 radical (unpaired) electrons. The molecule has 0 aliphatic carbocycles. The molecule has 1 atom stereocenters. The molecule has 0 spiro atoms. The molecule has 86 valence electrons.